The molecule has 1 aromatic heterocycles. The molecular weight excluding hydrogens is 426 g/mol. The van der Waals surface area contributed by atoms with E-state index in [0.29, 0.717) is 31.0 Å². The summed E-state index contributed by atoms with van der Waals surface area (Å²) < 4.78 is 32.6. The quantitative estimate of drug-likeness (QED) is 0.507. The number of carbonyl (C=O) groups is 1. The third kappa shape index (κ3) is 5.93. The van der Waals surface area contributed by atoms with Crippen LogP contribution in [0.5, 0.6) is 5.75 Å². The summed E-state index contributed by atoms with van der Waals surface area (Å²) in [5.74, 6) is 0.330. The summed E-state index contributed by atoms with van der Waals surface area (Å²) in [5, 5.41) is 2.84. The van der Waals surface area contributed by atoms with Crippen LogP contribution >= 0.6 is 0 Å². The van der Waals surface area contributed by atoms with Gasteiger partial charge in [0.15, 0.2) is 0 Å². The van der Waals surface area contributed by atoms with E-state index in [1.165, 1.54) is 16.4 Å². The predicted molar refractivity (Wildman–Crippen MR) is 123 cm³/mol. The summed E-state index contributed by atoms with van der Waals surface area (Å²) in [5.41, 5.74) is 1.98. The van der Waals surface area contributed by atoms with Gasteiger partial charge in [0.25, 0.3) is 5.91 Å². The Labute approximate surface area is 189 Å². The van der Waals surface area contributed by atoms with E-state index in [4.69, 9.17) is 4.74 Å². The molecule has 1 amide bonds. The average Bonchev–Trinajstić information content (AvgIpc) is 2.83. The van der Waals surface area contributed by atoms with E-state index in [1.54, 1.807) is 32.2 Å². The molecule has 3 aromatic rings. The van der Waals surface area contributed by atoms with Gasteiger partial charge in [-0.25, -0.2) is 8.42 Å². The van der Waals surface area contributed by atoms with E-state index in [2.05, 4.69) is 10.3 Å². The highest BCUT2D eigenvalue weighted by atomic mass is 32.2. The van der Waals surface area contributed by atoms with E-state index < -0.39 is 10.0 Å². The third-order valence-electron chi connectivity index (χ3n) is 4.90. The molecule has 0 bridgehead atoms. The molecule has 0 spiro atoms. The third-order valence-corrected chi connectivity index (χ3v) is 6.95. The van der Waals surface area contributed by atoms with E-state index >= 15 is 0 Å². The summed E-state index contributed by atoms with van der Waals surface area (Å²) in [4.78, 5) is 17.0. The first-order valence-electron chi connectivity index (χ1n) is 10.4. The van der Waals surface area contributed by atoms with Crippen LogP contribution < -0.4 is 10.1 Å². The number of ether oxygens (including phenoxy) is 1. The molecule has 8 heteroatoms. The molecule has 1 N–H and O–H groups in total. The van der Waals surface area contributed by atoms with Crippen molar-refractivity contribution in [1.82, 2.24) is 14.6 Å². The monoisotopic (exact) mass is 453 g/mol. The fourth-order valence-electron chi connectivity index (χ4n) is 3.18. The van der Waals surface area contributed by atoms with Crippen LogP contribution in [0.4, 0.5) is 0 Å². The maximum atomic E-state index is 12.7. The standard InChI is InChI=1S/C24H27N3O4S/c1-3-27(4-2)32(29,30)23-13-8-10-20(16-23)24(28)26-17-19-9-7-12-22(15-19)31-18-21-11-5-6-14-25-21/h5-16H,3-4,17-18H2,1-2H3,(H,26,28). The second kappa shape index (κ2) is 10.9. The first-order valence-corrected chi connectivity index (χ1v) is 11.9. The summed E-state index contributed by atoms with van der Waals surface area (Å²) >= 11 is 0. The van der Waals surface area contributed by atoms with Crippen LogP contribution in [0, 0.1) is 0 Å². The molecule has 0 aliphatic carbocycles. The fraction of sp³-hybridized carbons (Fsp3) is 0.250. The Balaban J connectivity index is 1.64. The van der Waals surface area contributed by atoms with Crippen molar-refractivity contribution >= 4 is 15.9 Å². The van der Waals surface area contributed by atoms with Crippen LogP contribution in [-0.2, 0) is 23.2 Å². The lowest BCUT2D eigenvalue weighted by molar-refractivity contribution is 0.0950. The number of nitrogens with zero attached hydrogens (tertiary/aromatic N) is 2. The zero-order chi connectivity index (χ0) is 23.0. The zero-order valence-corrected chi connectivity index (χ0v) is 19.0. The van der Waals surface area contributed by atoms with Gasteiger partial charge in [0.2, 0.25) is 10.0 Å². The number of hydrogen-bond acceptors (Lipinski definition) is 5. The highest BCUT2D eigenvalue weighted by Gasteiger charge is 2.22. The molecule has 32 heavy (non-hydrogen) atoms. The molecule has 0 aliphatic heterocycles. The van der Waals surface area contributed by atoms with Crippen molar-refractivity contribution in [3.05, 3.63) is 89.7 Å². The lowest BCUT2D eigenvalue weighted by atomic mass is 10.2. The number of carbonyl (C=O) groups excluding carboxylic acids is 1. The van der Waals surface area contributed by atoms with E-state index in [0.717, 1.165) is 11.3 Å². The number of aromatic nitrogens is 1. The maximum absolute atomic E-state index is 12.7. The van der Waals surface area contributed by atoms with E-state index in [9.17, 15) is 13.2 Å². The second-order valence-corrected chi connectivity index (χ2v) is 8.99. The zero-order valence-electron chi connectivity index (χ0n) is 18.2. The van der Waals surface area contributed by atoms with Gasteiger partial charge in [0.1, 0.15) is 12.4 Å². The summed E-state index contributed by atoms with van der Waals surface area (Å²) in [6, 6.07) is 19.2. The number of pyridine rings is 1. The Morgan fingerprint density at radius 1 is 1.00 bits per heavy atom. The highest BCUT2D eigenvalue weighted by molar-refractivity contribution is 7.89. The molecule has 0 unspecified atom stereocenters. The number of hydrogen-bond donors (Lipinski definition) is 1. The molecule has 2 aromatic carbocycles. The van der Waals surface area contributed by atoms with Gasteiger partial charge >= 0.3 is 0 Å². The minimum Gasteiger partial charge on any atom is -0.487 e. The van der Waals surface area contributed by atoms with Crippen molar-refractivity contribution < 1.29 is 17.9 Å². The number of rotatable bonds is 10. The van der Waals surface area contributed by atoms with Gasteiger partial charge < -0.3 is 10.1 Å². The SMILES string of the molecule is CCN(CC)S(=O)(=O)c1cccc(C(=O)NCc2cccc(OCc3ccccn3)c2)c1. The van der Waals surface area contributed by atoms with Gasteiger partial charge in [-0.05, 0) is 48.0 Å². The largest absolute Gasteiger partial charge is 0.487 e. The Bertz CT molecular complexity index is 1150. The minimum atomic E-state index is -3.63. The molecule has 7 nitrogen and oxygen atoms in total. The van der Waals surface area contributed by atoms with Gasteiger partial charge in [-0.1, -0.05) is 38.1 Å². The van der Waals surface area contributed by atoms with Crippen molar-refractivity contribution in [3.63, 3.8) is 0 Å². The Kier molecular flexibility index (Phi) is 7.97. The van der Waals surface area contributed by atoms with Crippen molar-refractivity contribution in [3.8, 4) is 5.75 Å². The summed E-state index contributed by atoms with van der Waals surface area (Å²) in [6.45, 7) is 4.94. The molecule has 0 atom stereocenters. The van der Waals surface area contributed by atoms with Gasteiger partial charge in [-0.3, -0.25) is 9.78 Å². The number of nitrogens with one attached hydrogen (secondary N) is 1. The van der Waals surface area contributed by atoms with Crippen LogP contribution in [0.15, 0.2) is 77.8 Å². The molecule has 3 rings (SSSR count). The van der Waals surface area contributed by atoms with Gasteiger partial charge in [0.05, 0.1) is 10.6 Å². The van der Waals surface area contributed by atoms with Crippen LogP contribution in [0.1, 0.15) is 35.5 Å². The lowest BCUT2D eigenvalue weighted by Crippen LogP contribution is -2.31. The van der Waals surface area contributed by atoms with E-state index in [1.807, 2.05) is 42.5 Å². The molecule has 0 aliphatic rings. The number of benzene rings is 2. The van der Waals surface area contributed by atoms with Crippen LogP contribution in [0.3, 0.4) is 0 Å². The highest BCUT2D eigenvalue weighted by Crippen LogP contribution is 2.18. The molecule has 0 fully saturated rings. The normalized spacial score (nSPS) is 11.3. The molecular formula is C24H27N3O4S. The van der Waals surface area contributed by atoms with Gasteiger partial charge in [-0.15, -0.1) is 0 Å². The molecule has 1 heterocycles. The topological polar surface area (TPSA) is 88.6 Å². The Morgan fingerprint density at radius 3 is 2.50 bits per heavy atom. The summed E-state index contributed by atoms with van der Waals surface area (Å²) in [6.07, 6.45) is 1.72. The van der Waals surface area contributed by atoms with Gasteiger partial charge in [0, 0.05) is 31.4 Å². The smallest absolute Gasteiger partial charge is 0.251 e. The van der Waals surface area contributed by atoms with Crippen LogP contribution in [0.25, 0.3) is 0 Å². The molecule has 0 radical (unpaired) electrons. The van der Waals surface area contributed by atoms with Crippen molar-refractivity contribution in [1.29, 1.82) is 0 Å². The predicted octanol–water partition coefficient (Wildman–Crippen LogP) is 3.62. The minimum absolute atomic E-state index is 0.110. The van der Waals surface area contributed by atoms with Crippen molar-refractivity contribution in [2.24, 2.45) is 0 Å². The Morgan fingerprint density at radius 2 is 1.78 bits per heavy atom. The lowest BCUT2D eigenvalue weighted by Gasteiger charge is -2.18. The first-order chi connectivity index (χ1) is 15.4. The van der Waals surface area contributed by atoms with Crippen LogP contribution in [-0.4, -0.2) is 36.7 Å². The molecule has 0 saturated carbocycles. The molecule has 168 valence electrons. The van der Waals surface area contributed by atoms with Crippen molar-refractivity contribution in [2.45, 2.75) is 31.9 Å². The van der Waals surface area contributed by atoms with Crippen molar-refractivity contribution in [2.75, 3.05) is 13.1 Å². The first kappa shape index (κ1) is 23.4. The fourth-order valence-corrected chi connectivity index (χ4v) is 4.69. The van der Waals surface area contributed by atoms with Gasteiger partial charge in [-0.2, -0.15) is 4.31 Å². The summed E-state index contributed by atoms with van der Waals surface area (Å²) in [7, 11) is -3.63. The average molecular weight is 454 g/mol. The maximum Gasteiger partial charge on any atom is 0.251 e. The second-order valence-electron chi connectivity index (χ2n) is 7.06. The molecule has 0 saturated heterocycles. The Hall–Kier alpha value is -3.23. The van der Waals surface area contributed by atoms with E-state index in [-0.39, 0.29) is 17.3 Å². The number of sulfonamides is 1. The van der Waals surface area contributed by atoms with Crippen LogP contribution in [0.2, 0.25) is 0 Å². The number of amides is 1.